The molecule has 1 aliphatic rings. The van der Waals surface area contributed by atoms with Gasteiger partial charge in [0.1, 0.15) is 12.4 Å². The van der Waals surface area contributed by atoms with E-state index in [1.54, 1.807) is 7.11 Å². The smallest absolute Gasteiger partial charge is 0.331 e. The van der Waals surface area contributed by atoms with Gasteiger partial charge in [-0.15, -0.1) is 0 Å². The standard InChI is InChI=1S/C27H35NO5/c1-3-4-16-32-17-18-33-25-9-6-21(7-10-25)22-8-11-26-24(19-22)20-23(27(29)30)12-14-28(26)13-5-15-31-2/h6-11,19-20H,3-5,12-18H2,1-2H3,(H,29,30). The summed E-state index contributed by atoms with van der Waals surface area (Å²) in [6.45, 7) is 6.24. The highest BCUT2D eigenvalue weighted by Crippen LogP contribution is 2.33. The molecule has 6 nitrogen and oxygen atoms in total. The van der Waals surface area contributed by atoms with E-state index in [1.165, 1.54) is 0 Å². The highest BCUT2D eigenvalue weighted by Gasteiger charge is 2.19. The molecule has 0 saturated carbocycles. The molecule has 0 aromatic heterocycles. The van der Waals surface area contributed by atoms with E-state index in [2.05, 4.69) is 30.0 Å². The van der Waals surface area contributed by atoms with Crippen molar-refractivity contribution in [3.63, 3.8) is 0 Å². The number of nitrogens with zero attached hydrogens (tertiary/aromatic N) is 1. The van der Waals surface area contributed by atoms with E-state index in [9.17, 15) is 9.90 Å². The van der Waals surface area contributed by atoms with Crippen LogP contribution in [0.15, 0.2) is 48.0 Å². The van der Waals surface area contributed by atoms with Crippen molar-refractivity contribution in [3.05, 3.63) is 53.6 Å². The van der Waals surface area contributed by atoms with Crippen LogP contribution in [0.25, 0.3) is 17.2 Å². The molecule has 6 heteroatoms. The van der Waals surface area contributed by atoms with Gasteiger partial charge < -0.3 is 24.2 Å². The summed E-state index contributed by atoms with van der Waals surface area (Å²) in [5, 5.41) is 9.61. The predicted molar refractivity (Wildman–Crippen MR) is 132 cm³/mol. The highest BCUT2D eigenvalue weighted by molar-refractivity contribution is 5.94. The number of hydrogen-bond acceptors (Lipinski definition) is 5. The Hall–Kier alpha value is -2.83. The highest BCUT2D eigenvalue weighted by atomic mass is 16.5. The predicted octanol–water partition coefficient (Wildman–Crippen LogP) is 5.26. The van der Waals surface area contributed by atoms with Crippen LogP contribution in [0.2, 0.25) is 0 Å². The Balaban J connectivity index is 1.72. The number of fused-ring (bicyclic) bond motifs is 1. The molecule has 3 rings (SSSR count). The first-order valence-corrected chi connectivity index (χ1v) is 11.7. The number of methoxy groups -OCH3 is 1. The zero-order chi connectivity index (χ0) is 23.5. The summed E-state index contributed by atoms with van der Waals surface area (Å²) in [6, 6.07) is 14.2. The lowest BCUT2D eigenvalue weighted by Gasteiger charge is -2.25. The molecule has 0 amide bonds. The molecule has 0 radical (unpaired) electrons. The first-order chi connectivity index (χ1) is 16.1. The normalized spacial score (nSPS) is 13.3. The summed E-state index contributed by atoms with van der Waals surface area (Å²) in [5.41, 5.74) is 4.54. The Bertz CT molecular complexity index is 923. The van der Waals surface area contributed by atoms with Crippen molar-refractivity contribution in [2.24, 2.45) is 0 Å². The fourth-order valence-corrected chi connectivity index (χ4v) is 3.88. The molecule has 0 bridgehead atoms. The number of benzene rings is 2. The lowest BCUT2D eigenvalue weighted by Crippen LogP contribution is -2.27. The maximum atomic E-state index is 11.7. The quantitative estimate of drug-likeness (QED) is 0.417. The van der Waals surface area contributed by atoms with Gasteiger partial charge in [-0.05, 0) is 66.3 Å². The Morgan fingerprint density at radius 2 is 1.79 bits per heavy atom. The minimum Gasteiger partial charge on any atom is -0.491 e. The van der Waals surface area contributed by atoms with Gasteiger partial charge in [0.05, 0.1) is 6.61 Å². The van der Waals surface area contributed by atoms with E-state index in [0.717, 1.165) is 60.5 Å². The van der Waals surface area contributed by atoms with Gasteiger partial charge in [-0.1, -0.05) is 31.5 Å². The second-order valence-electron chi connectivity index (χ2n) is 8.17. The van der Waals surface area contributed by atoms with Gasteiger partial charge in [-0.25, -0.2) is 4.79 Å². The summed E-state index contributed by atoms with van der Waals surface area (Å²) in [5.74, 6) is -0.0461. The summed E-state index contributed by atoms with van der Waals surface area (Å²) >= 11 is 0. The second-order valence-corrected chi connectivity index (χ2v) is 8.17. The van der Waals surface area contributed by atoms with Crippen LogP contribution in [0.4, 0.5) is 5.69 Å². The van der Waals surface area contributed by atoms with Gasteiger partial charge in [-0.3, -0.25) is 0 Å². The summed E-state index contributed by atoms with van der Waals surface area (Å²) in [6.07, 6.45) is 5.42. The third-order valence-electron chi connectivity index (χ3n) is 5.73. The molecule has 0 aliphatic carbocycles. The average molecular weight is 454 g/mol. The number of ether oxygens (including phenoxy) is 3. The van der Waals surface area contributed by atoms with Gasteiger partial charge in [-0.2, -0.15) is 0 Å². The number of aliphatic carboxylic acids is 1. The van der Waals surface area contributed by atoms with Crippen LogP contribution >= 0.6 is 0 Å². The number of carbonyl (C=O) groups is 1. The average Bonchev–Trinajstić information content (AvgIpc) is 3.01. The van der Waals surface area contributed by atoms with Gasteiger partial charge in [0.2, 0.25) is 0 Å². The van der Waals surface area contributed by atoms with Crippen LogP contribution in [0.1, 0.15) is 38.2 Å². The Labute approximate surface area is 196 Å². The molecule has 1 N–H and O–H groups in total. The number of hydrogen-bond donors (Lipinski definition) is 1. The summed E-state index contributed by atoms with van der Waals surface area (Å²) < 4.78 is 16.5. The topological polar surface area (TPSA) is 68.2 Å². The second kappa shape index (κ2) is 13.0. The van der Waals surface area contributed by atoms with Gasteiger partial charge in [0.25, 0.3) is 0 Å². The van der Waals surface area contributed by atoms with Crippen LogP contribution < -0.4 is 9.64 Å². The lowest BCUT2D eigenvalue weighted by atomic mass is 10.00. The van der Waals surface area contributed by atoms with Crippen LogP contribution in [-0.2, 0) is 14.3 Å². The molecule has 0 fully saturated rings. The molecule has 0 atom stereocenters. The first kappa shape index (κ1) is 24.8. The van der Waals surface area contributed by atoms with Crippen LogP contribution in [0.5, 0.6) is 5.75 Å². The van der Waals surface area contributed by atoms with E-state index in [4.69, 9.17) is 14.2 Å². The largest absolute Gasteiger partial charge is 0.491 e. The molecule has 178 valence electrons. The molecule has 33 heavy (non-hydrogen) atoms. The molecule has 0 saturated heterocycles. The van der Waals surface area contributed by atoms with Crippen LogP contribution in [-0.4, -0.2) is 57.7 Å². The van der Waals surface area contributed by atoms with Crippen molar-refractivity contribution in [1.29, 1.82) is 0 Å². The zero-order valence-electron chi connectivity index (χ0n) is 19.7. The zero-order valence-corrected chi connectivity index (χ0v) is 19.7. The molecule has 0 spiro atoms. The Morgan fingerprint density at radius 1 is 1.00 bits per heavy atom. The fraction of sp³-hybridized carbons (Fsp3) is 0.444. The van der Waals surface area contributed by atoms with Crippen molar-refractivity contribution < 1.29 is 24.1 Å². The van der Waals surface area contributed by atoms with Crippen molar-refractivity contribution in [3.8, 4) is 16.9 Å². The summed E-state index contributed by atoms with van der Waals surface area (Å²) in [4.78, 5) is 14.0. The van der Waals surface area contributed by atoms with E-state index < -0.39 is 5.97 Å². The molecule has 2 aromatic carbocycles. The number of carboxylic acids is 1. The molecular weight excluding hydrogens is 418 g/mol. The third-order valence-corrected chi connectivity index (χ3v) is 5.73. The van der Waals surface area contributed by atoms with Gasteiger partial charge in [0, 0.05) is 44.7 Å². The minimum atomic E-state index is -0.856. The van der Waals surface area contributed by atoms with Crippen LogP contribution in [0.3, 0.4) is 0 Å². The number of carboxylic acid groups (broad SMARTS) is 1. The number of anilines is 1. The molecule has 0 unspecified atom stereocenters. The summed E-state index contributed by atoms with van der Waals surface area (Å²) in [7, 11) is 1.70. The molecular formula is C27H35NO5. The maximum Gasteiger partial charge on any atom is 0.331 e. The van der Waals surface area contributed by atoms with Crippen molar-refractivity contribution in [2.45, 2.75) is 32.6 Å². The van der Waals surface area contributed by atoms with E-state index in [-0.39, 0.29) is 0 Å². The van der Waals surface area contributed by atoms with E-state index >= 15 is 0 Å². The fourth-order valence-electron chi connectivity index (χ4n) is 3.88. The maximum absolute atomic E-state index is 11.7. The Kier molecular flexibility index (Phi) is 9.78. The van der Waals surface area contributed by atoms with Crippen molar-refractivity contribution in [1.82, 2.24) is 0 Å². The number of rotatable bonds is 13. The molecule has 1 aliphatic heterocycles. The minimum absolute atomic E-state index is 0.438. The number of unbranched alkanes of at least 4 members (excludes halogenated alkanes) is 1. The van der Waals surface area contributed by atoms with E-state index in [1.807, 2.05) is 30.3 Å². The molecule has 1 heterocycles. The van der Waals surface area contributed by atoms with Gasteiger partial charge in [0.15, 0.2) is 0 Å². The third kappa shape index (κ3) is 7.34. The lowest BCUT2D eigenvalue weighted by molar-refractivity contribution is -0.132. The van der Waals surface area contributed by atoms with E-state index in [0.29, 0.717) is 38.4 Å². The van der Waals surface area contributed by atoms with Gasteiger partial charge >= 0.3 is 5.97 Å². The Morgan fingerprint density at radius 3 is 2.52 bits per heavy atom. The first-order valence-electron chi connectivity index (χ1n) is 11.7. The van der Waals surface area contributed by atoms with Crippen molar-refractivity contribution in [2.75, 3.05) is 51.5 Å². The van der Waals surface area contributed by atoms with Crippen LogP contribution in [0, 0.1) is 0 Å². The SMILES string of the molecule is CCCCOCCOc1ccc(-c2ccc3c(c2)C=C(C(=O)O)CCN3CCCOC)cc1. The monoisotopic (exact) mass is 453 g/mol. The van der Waals surface area contributed by atoms with Crippen molar-refractivity contribution >= 4 is 17.7 Å². The molecule has 2 aromatic rings.